The number of rotatable bonds is 6. The molecule has 0 radical (unpaired) electrons. The summed E-state index contributed by atoms with van der Waals surface area (Å²) in [6, 6.07) is 9.21. The first-order valence-corrected chi connectivity index (χ1v) is 8.64. The molecule has 3 rings (SSSR count). The molecule has 0 bridgehead atoms. The van der Waals surface area contributed by atoms with E-state index in [1.807, 2.05) is 24.3 Å². The Morgan fingerprint density at radius 2 is 2.20 bits per heavy atom. The Morgan fingerprint density at radius 1 is 1.36 bits per heavy atom. The number of para-hydroxylation sites is 1. The molecule has 2 aromatic rings. The van der Waals surface area contributed by atoms with Crippen molar-refractivity contribution in [2.75, 3.05) is 13.2 Å². The number of hydrogen-bond acceptors (Lipinski definition) is 5. The minimum Gasteiger partial charge on any atom is -0.459 e. The van der Waals surface area contributed by atoms with Gasteiger partial charge in [-0.2, -0.15) is 0 Å². The lowest BCUT2D eigenvalue weighted by Crippen LogP contribution is -2.30. The fourth-order valence-corrected chi connectivity index (χ4v) is 2.82. The topological polar surface area (TPSA) is 77.6 Å². The summed E-state index contributed by atoms with van der Waals surface area (Å²) in [7, 11) is 0. The van der Waals surface area contributed by atoms with Crippen LogP contribution in [0.3, 0.4) is 0 Å². The number of aromatic amines is 1. The molecule has 0 saturated carbocycles. The summed E-state index contributed by atoms with van der Waals surface area (Å²) in [5.74, 6) is -0.483. The number of nitrogens with one attached hydrogen (secondary N) is 1. The van der Waals surface area contributed by atoms with Crippen molar-refractivity contribution >= 4 is 16.9 Å². The molecule has 25 heavy (non-hydrogen) atoms. The van der Waals surface area contributed by atoms with Crippen LogP contribution < -0.4 is 5.56 Å². The quantitative estimate of drug-likeness (QED) is 0.814. The minimum atomic E-state index is -0.690. The van der Waals surface area contributed by atoms with Crippen LogP contribution in [0.15, 0.2) is 35.1 Å². The predicted octanol–water partition coefficient (Wildman–Crippen LogP) is 2.55. The molecular weight excluding hydrogens is 322 g/mol. The van der Waals surface area contributed by atoms with Crippen molar-refractivity contribution in [1.29, 1.82) is 0 Å². The first kappa shape index (κ1) is 17.6. The number of carbonyl (C=O) groups excluding carboxylic acids is 1. The maximum absolute atomic E-state index is 12.1. The third-order valence-electron chi connectivity index (χ3n) is 4.34. The molecule has 2 atom stereocenters. The summed E-state index contributed by atoms with van der Waals surface area (Å²) in [5, 5.41) is 0.895. The van der Waals surface area contributed by atoms with E-state index in [1.165, 1.54) is 0 Å². The molecule has 1 saturated heterocycles. The molecule has 1 N–H and O–H groups in total. The first-order valence-electron chi connectivity index (χ1n) is 8.64. The molecule has 6 heteroatoms. The van der Waals surface area contributed by atoms with E-state index in [0.717, 1.165) is 36.8 Å². The monoisotopic (exact) mass is 345 g/mol. The zero-order chi connectivity index (χ0) is 17.6. The highest BCUT2D eigenvalue weighted by Gasteiger charge is 2.20. The van der Waals surface area contributed by atoms with Crippen molar-refractivity contribution in [3.8, 4) is 0 Å². The van der Waals surface area contributed by atoms with E-state index in [4.69, 9.17) is 14.2 Å². The fraction of sp³-hybridized carbons (Fsp3) is 0.474. The van der Waals surface area contributed by atoms with Crippen molar-refractivity contribution < 1.29 is 19.0 Å². The van der Waals surface area contributed by atoms with Gasteiger partial charge in [0.25, 0.3) is 5.56 Å². The van der Waals surface area contributed by atoms with Crippen molar-refractivity contribution in [2.45, 2.75) is 45.0 Å². The number of pyridine rings is 1. The summed E-state index contributed by atoms with van der Waals surface area (Å²) in [5.41, 5.74) is 0.914. The predicted molar refractivity (Wildman–Crippen MR) is 93.4 cm³/mol. The molecule has 134 valence electrons. The second-order valence-corrected chi connectivity index (χ2v) is 6.28. The van der Waals surface area contributed by atoms with Gasteiger partial charge in [0, 0.05) is 12.1 Å². The average Bonchev–Trinajstić information content (AvgIpc) is 2.65. The highest BCUT2D eigenvalue weighted by atomic mass is 16.6. The Labute approximate surface area is 146 Å². The first-order chi connectivity index (χ1) is 12.1. The summed E-state index contributed by atoms with van der Waals surface area (Å²) < 4.78 is 16.4. The maximum atomic E-state index is 12.1. The van der Waals surface area contributed by atoms with E-state index in [2.05, 4.69) is 4.98 Å². The Balaban J connectivity index is 1.52. The average molecular weight is 345 g/mol. The third kappa shape index (κ3) is 4.67. The van der Waals surface area contributed by atoms with Crippen LogP contribution in [-0.4, -0.2) is 36.4 Å². The van der Waals surface area contributed by atoms with Crippen molar-refractivity contribution in [3.05, 3.63) is 46.2 Å². The highest BCUT2D eigenvalue weighted by molar-refractivity contribution is 5.79. The summed E-state index contributed by atoms with van der Waals surface area (Å²) in [6.45, 7) is 2.70. The molecule has 2 unspecified atom stereocenters. The van der Waals surface area contributed by atoms with Gasteiger partial charge < -0.3 is 19.2 Å². The highest BCUT2D eigenvalue weighted by Crippen LogP contribution is 2.14. The number of ether oxygens (including phenoxy) is 3. The van der Waals surface area contributed by atoms with Crippen LogP contribution in [0.5, 0.6) is 0 Å². The van der Waals surface area contributed by atoms with E-state index in [9.17, 15) is 9.59 Å². The number of hydrogen-bond donors (Lipinski definition) is 1. The van der Waals surface area contributed by atoms with E-state index in [-0.39, 0.29) is 18.3 Å². The van der Waals surface area contributed by atoms with Gasteiger partial charge in [-0.1, -0.05) is 18.2 Å². The van der Waals surface area contributed by atoms with Gasteiger partial charge in [-0.3, -0.25) is 4.79 Å². The summed E-state index contributed by atoms with van der Waals surface area (Å²) in [4.78, 5) is 26.9. The van der Waals surface area contributed by atoms with Crippen LogP contribution >= 0.6 is 0 Å². The lowest BCUT2D eigenvalue weighted by atomic mass is 10.1. The van der Waals surface area contributed by atoms with Crippen molar-refractivity contribution in [2.24, 2.45) is 0 Å². The van der Waals surface area contributed by atoms with Crippen LogP contribution in [0.4, 0.5) is 0 Å². The lowest BCUT2D eigenvalue weighted by Gasteiger charge is -2.23. The normalized spacial score (nSPS) is 18.8. The number of benzene rings is 1. The van der Waals surface area contributed by atoms with Crippen molar-refractivity contribution in [3.63, 3.8) is 0 Å². The van der Waals surface area contributed by atoms with E-state index in [1.54, 1.807) is 13.0 Å². The van der Waals surface area contributed by atoms with Gasteiger partial charge in [0.2, 0.25) is 0 Å². The second kappa shape index (κ2) is 8.27. The summed E-state index contributed by atoms with van der Waals surface area (Å²) >= 11 is 0. The van der Waals surface area contributed by atoms with E-state index >= 15 is 0 Å². The largest absolute Gasteiger partial charge is 0.459 e. The van der Waals surface area contributed by atoms with Gasteiger partial charge in [-0.15, -0.1) is 0 Å². The fourth-order valence-electron chi connectivity index (χ4n) is 2.82. The molecule has 1 aliphatic rings. The van der Waals surface area contributed by atoms with Gasteiger partial charge in [0.15, 0.2) is 6.10 Å². The van der Waals surface area contributed by atoms with Gasteiger partial charge in [-0.05, 0) is 43.7 Å². The molecule has 1 fully saturated rings. The molecule has 0 spiro atoms. The maximum Gasteiger partial charge on any atom is 0.335 e. The number of esters is 1. The zero-order valence-corrected chi connectivity index (χ0v) is 14.3. The summed E-state index contributed by atoms with van der Waals surface area (Å²) in [6.07, 6.45) is 2.51. The van der Waals surface area contributed by atoms with Crippen LogP contribution in [0.2, 0.25) is 0 Å². The Morgan fingerprint density at radius 3 is 3.00 bits per heavy atom. The van der Waals surface area contributed by atoms with Crippen LogP contribution in [-0.2, 0) is 25.6 Å². The molecule has 1 aliphatic heterocycles. The third-order valence-corrected chi connectivity index (χ3v) is 4.34. The number of carbonyl (C=O) groups is 1. The Bertz CT molecular complexity index is 779. The van der Waals surface area contributed by atoms with Gasteiger partial charge in [0.05, 0.1) is 18.3 Å². The molecule has 1 aromatic heterocycles. The Hall–Kier alpha value is -2.18. The van der Waals surface area contributed by atoms with Gasteiger partial charge >= 0.3 is 5.97 Å². The Kier molecular flexibility index (Phi) is 5.83. The zero-order valence-electron chi connectivity index (χ0n) is 14.3. The minimum absolute atomic E-state index is 0.0485. The van der Waals surface area contributed by atoms with Gasteiger partial charge in [0.1, 0.15) is 6.61 Å². The van der Waals surface area contributed by atoms with Gasteiger partial charge in [-0.25, -0.2) is 4.79 Å². The van der Waals surface area contributed by atoms with Crippen LogP contribution in [0.25, 0.3) is 10.9 Å². The van der Waals surface area contributed by atoms with Crippen LogP contribution in [0.1, 0.15) is 31.7 Å². The van der Waals surface area contributed by atoms with Crippen molar-refractivity contribution in [1.82, 2.24) is 4.98 Å². The number of aromatic nitrogens is 1. The van der Waals surface area contributed by atoms with E-state index < -0.39 is 12.1 Å². The number of fused-ring (bicyclic) bond motifs is 1. The molecule has 2 heterocycles. The molecule has 6 nitrogen and oxygen atoms in total. The SMILES string of the molecule is CC(OCC1CCCCO1)C(=O)OCc1cc2ccccc2[nH]c1=O. The standard InChI is InChI=1S/C19H23NO5/c1-13(24-12-16-7-4-5-9-23-16)19(22)25-11-15-10-14-6-2-3-8-17(14)20-18(15)21/h2-3,6,8,10,13,16H,4-5,7,9,11-12H2,1H3,(H,20,21). The lowest BCUT2D eigenvalue weighted by molar-refractivity contribution is -0.160. The molecule has 0 aliphatic carbocycles. The van der Waals surface area contributed by atoms with Crippen LogP contribution in [0, 0.1) is 0 Å². The molecular formula is C19H23NO5. The smallest absolute Gasteiger partial charge is 0.335 e. The second-order valence-electron chi connectivity index (χ2n) is 6.28. The number of H-pyrrole nitrogens is 1. The molecule has 1 aromatic carbocycles. The molecule has 0 amide bonds. The van der Waals surface area contributed by atoms with E-state index in [0.29, 0.717) is 12.2 Å².